The monoisotopic (exact) mass is 414 g/mol. The van der Waals surface area contributed by atoms with Crippen LogP contribution < -0.4 is 19.7 Å². The topological polar surface area (TPSA) is 67.9 Å². The van der Waals surface area contributed by atoms with E-state index in [1.54, 1.807) is 24.3 Å². The minimum Gasteiger partial charge on any atom is -0.494 e. The average Bonchev–Trinajstić information content (AvgIpc) is 2.68. The summed E-state index contributed by atoms with van der Waals surface area (Å²) in [5, 5.41) is 2.25. The molecule has 1 heterocycles. The van der Waals surface area contributed by atoms with E-state index < -0.39 is 17.6 Å². The molecule has 29 heavy (non-hydrogen) atoms. The summed E-state index contributed by atoms with van der Waals surface area (Å²) in [4.78, 5) is 26.4. The van der Waals surface area contributed by atoms with Crippen LogP contribution in [0.1, 0.15) is 19.4 Å². The zero-order valence-corrected chi connectivity index (χ0v) is 16.7. The lowest BCUT2D eigenvalue weighted by atomic mass is 10.1. The van der Waals surface area contributed by atoms with Gasteiger partial charge in [-0.15, -0.1) is 0 Å². The molecule has 1 saturated heterocycles. The number of thiocarbonyl (C=S) groups is 1. The van der Waals surface area contributed by atoms with Gasteiger partial charge in [-0.3, -0.25) is 14.9 Å². The van der Waals surface area contributed by atoms with Gasteiger partial charge in [0.25, 0.3) is 11.8 Å². The molecule has 6 nitrogen and oxygen atoms in total. The van der Waals surface area contributed by atoms with Crippen LogP contribution >= 0.6 is 12.2 Å². The molecule has 8 heteroatoms. The van der Waals surface area contributed by atoms with E-state index in [0.717, 1.165) is 4.90 Å². The number of anilines is 1. The average molecular weight is 414 g/mol. The number of para-hydroxylation sites is 1. The van der Waals surface area contributed by atoms with Crippen LogP contribution in [0.3, 0.4) is 0 Å². The summed E-state index contributed by atoms with van der Waals surface area (Å²) < 4.78 is 25.3. The Hall–Kier alpha value is -3.26. The Kier molecular flexibility index (Phi) is 6.23. The van der Waals surface area contributed by atoms with E-state index in [0.29, 0.717) is 30.3 Å². The standard InChI is InChI=1S/C21H19FN2O4S/c1-3-27-14-10-9-13(18(12-14)28-4-2)11-15-19(25)23-21(29)24(20(15)26)17-8-6-5-7-16(17)22/h5-12H,3-4H2,1-2H3,(H,23,25,29)/b15-11+. The van der Waals surface area contributed by atoms with Gasteiger partial charge in [0.05, 0.1) is 18.9 Å². The normalized spacial score (nSPS) is 15.5. The molecule has 0 bridgehead atoms. The molecule has 0 atom stereocenters. The molecule has 3 rings (SSSR count). The van der Waals surface area contributed by atoms with Crippen molar-refractivity contribution in [1.82, 2.24) is 5.32 Å². The van der Waals surface area contributed by atoms with E-state index in [4.69, 9.17) is 21.7 Å². The zero-order chi connectivity index (χ0) is 21.0. The maximum absolute atomic E-state index is 14.2. The number of nitrogens with one attached hydrogen (secondary N) is 1. The second-order valence-electron chi connectivity index (χ2n) is 5.97. The summed E-state index contributed by atoms with van der Waals surface area (Å²) in [5.41, 5.74) is 0.284. The van der Waals surface area contributed by atoms with Crippen molar-refractivity contribution in [2.45, 2.75) is 13.8 Å². The number of carbonyl (C=O) groups excluding carboxylic acids is 2. The van der Waals surface area contributed by atoms with Gasteiger partial charge in [-0.25, -0.2) is 9.29 Å². The Bertz CT molecular complexity index is 1010. The summed E-state index contributed by atoms with van der Waals surface area (Å²) in [5.74, 6) is -0.956. The van der Waals surface area contributed by atoms with Gasteiger partial charge in [0, 0.05) is 11.6 Å². The quantitative estimate of drug-likeness (QED) is 0.446. The third kappa shape index (κ3) is 4.27. The number of hydrogen-bond donors (Lipinski definition) is 1. The Morgan fingerprint density at radius 2 is 1.83 bits per heavy atom. The van der Waals surface area contributed by atoms with Crippen molar-refractivity contribution in [3.05, 3.63) is 59.4 Å². The molecule has 0 aromatic heterocycles. The van der Waals surface area contributed by atoms with E-state index in [9.17, 15) is 14.0 Å². The van der Waals surface area contributed by atoms with Crippen LogP contribution in [0, 0.1) is 5.82 Å². The molecular formula is C21H19FN2O4S. The van der Waals surface area contributed by atoms with Crippen molar-refractivity contribution in [2.24, 2.45) is 0 Å². The summed E-state index contributed by atoms with van der Waals surface area (Å²) in [7, 11) is 0. The first-order valence-electron chi connectivity index (χ1n) is 9.01. The van der Waals surface area contributed by atoms with Gasteiger partial charge < -0.3 is 9.47 Å². The van der Waals surface area contributed by atoms with E-state index in [-0.39, 0.29) is 16.4 Å². The Morgan fingerprint density at radius 3 is 2.52 bits per heavy atom. The van der Waals surface area contributed by atoms with E-state index in [1.165, 1.54) is 24.3 Å². The molecule has 0 spiro atoms. The Morgan fingerprint density at radius 1 is 1.10 bits per heavy atom. The third-order valence-corrected chi connectivity index (χ3v) is 4.38. The Balaban J connectivity index is 2.04. The molecule has 1 N–H and O–H groups in total. The molecule has 1 aliphatic rings. The van der Waals surface area contributed by atoms with Crippen LogP contribution in [-0.4, -0.2) is 30.1 Å². The fraction of sp³-hybridized carbons (Fsp3) is 0.190. The van der Waals surface area contributed by atoms with Gasteiger partial charge in [0.1, 0.15) is 22.9 Å². The molecule has 0 saturated carbocycles. The number of ether oxygens (including phenoxy) is 2. The fourth-order valence-corrected chi connectivity index (χ4v) is 3.11. The highest BCUT2D eigenvalue weighted by Crippen LogP contribution is 2.29. The van der Waals surface area contributed by atoms with Crippen LogP contribution in [-0.2, 0) is 9.59 Å². The van der Waals surface area contributed by atoms with Crippen molar-refractivity contribution in [3.63, 3.8) is 0 Å². The largest absolute Gasteiger partial charge is 0.494 e. The lowest BCUT2D eigenvalue weighted by molar-refractivity contribution is -0.122. The minimum atomic E-state index is -0.722. The van der Waals surface area contributed by atoms with Crippen molar-refractivity contribution < 1.29 is 23.5 Å². The first kappa shape index (κ1) is 20.5. The molecule has 1 fully saturated rings. The predicted octanol–water partition coefficient (Wildman–Crippen LogP) is 3.45. The first-order chi connectivity index (χ1) is 14.0. The highest BCUT2D eigenvalue weighted by molar-refractivity contribution is 7.80. The zero-order valence-electron chi connectivity index (χ0n) is 15.9. The van der Waals surface area contributed by atoms with Gasteiger partial charge in [-0.05, 0) is 56.4 Å². The summed E-state index contributed by atoms with van der Waals surface area (Å²) in [6.45, 7) is 4.56. The van der Waals surface area contributed by atoms with Crippen molar-refractivity contribution in [2.75, 3.05) is 18.1 Å². The second kappa shape index (κ2) is 8.83. The molecule has 150 valence electrons. The summed E-state index contributed by atoms with van der Waals surface area (Å²) >= 11 is 5.09. The number of halogens is 1. The summed E-state index contributed by atoms with van der Waals surface area (Å²) in [6.07, 6.45) is 1.40. The van der Waals surface area contributed by atoms with Crippen molar-refractivity contribution in [3.8, 4) is 11.5 Å². The molecule has 1 aliphatic heterocycles. The molecule has 0 radical (unpaired) electrons. The summed E-state index contributed by atoms with van der Waals surface area (Å²) in [6, 6.07) is 10.8. The third-order valence-electron chi connectivity index (χ3n) is 4.09. The van der Waals surface area contributed by atoms with Gasteiger partial charge in [-0.2, -0.15) is 0 Å². The predicted molar refractivity (Wildman–Crippen MR) is 111 cm³/mol. The van der Waals surface area contributed by atoms with Gasteiger partial charge in [0.2, 0.25) is 0 Å². The number of benzene rings is 2. The lowest BCUT2D eigenvalue weighted by Gasteiger charge is -2.29. The molecule has 0 unspecified atom stereocenters. The van der Waals surface area contributed by atoms with E-state index in [1.807, 2.05) is 13.8 Å². The number of amides is 2. The smallest absolute Gasteiger partial charge is 0.270 e. The molecule has 2 aromatic carbocycles. The fourth-order valence-electron chi connectivity index (χ4n) is 2.84. The molecule has 2 aromatic rings. The van der Waals surface area contributed by atoms with Crippen LogP contribution in [0.15, 0.2) is 48.0 Å². The second-order valence-corrected chi connectivity index (χ2v) is 6.36. The first-order valence-corrected chi connectivity index (χ1v) is 9.42. The Labute approximate surface area is 172 Å². The van der Waals surface area contributed by atoms with E-state index in [2.05, 4.69) is 5.32 Å². The van der Waals surface area contributed by atoms with Crippen LogP contribution in [0.5, 0.6) is 11.5 Å². The number of carbonyl (C=O) groups is 2. The van der Waals surface area contributed by atoms with Gasteiger partial charge >= 0.3 is 0 Å². The number of rotatable bonds is 6. The maximum Gasteiger partial charge on any atom is 0.270 e. The van der Waals surface area contributed by atoms with Crippen molar-refractivity contribution >= 4 is 40.9 Å². The van der Waals surface area contributed by atoms with Crippen molar-refractivity contribution in [1.29, 1.82) is 0 Å². The maximum atomic E-state index is 14.2. The highest BCUT2D eigenvalue weighted by atomic mass is 32.1. The van der Waals surface area contributed by atoms with Gasteiger partial charge in [0.15, 0.2) is 5.11 Å². The molecular weight excluding hydrogens is 395 g/mol. The van der Waals surface area contributed by atoms with Crippen LogP contribution in [0.2, 0.25) is 0 Å². The van der Waals surface area contributed by atoms with Crippen LogP contribution in [0.25, 0.3) is 6.08 Å². The lowest BCUT2D eigenvalue weighted by Crippen LogP contribution is -2.54. The number of nitrogens with zero attached hydrogens (tertiary/aromatic N) is 1. The van der Waals surface area contributed by atoms with Crippen LogP contribution in [0.4, 0.5) is 10.1 Å². The number of hydrogen-bond acceptors (Lipinski definition) is 5. The minimum absolute atomic E-state index is 0.0369. The SMILES string of the molecule is CCOc1ccc(/C=C2\C(=O)NC(=S)N(c3ccccc3F)C2=O)c(OCC)c1. The molecule has 0 aliphatic carbocycles. The molecule has 2 amide bonds. The van der Waals surface area contributed by atoms with Gasteiger partial charge in [-0.1, -0.05) is 12.1 Å². The van der Waals surface area contributed by atoms with E-state index >= 15 is 0 Å². The highest BCUT2D eigenvalue weighted by Gasteiger charge is 2.35.